The van der Waals surface area contributed by atoms with Gasteiger partial charge in [0, 0.05) is 48.4 Å². The first-order valence-corrected chi connectivity index (χ1v) is 7.37. The van der Waals surface area contributed by atoms with Gasteiger partial charge >= 0.3 is 0 Å². The molecule has 0 saturated carbocycles. The minimum absolute atomic E-state index is 0.179. The topological polar surface area (TPSA) is 43.4 Å². The van der Waals surface area contributed by atoms with Crippen LogP contribution in [-0.4, -0.2) is 37.5 Å². The van der Waals surface area contributed by atoms with Crippen molar-refractivity contribution in [2.45, 2.75) is 18.6 Å². The van der Waals surface area contributed by atoms with Crippen LogP contribution in [-0.2, 0) is 16.0 Å². The van der Waals surface area contributed by atoms with Gasteiger partial charge in [-0.3, -0.25) is 4.98 Å². The van der Waals surface area contributed by atoms with Gasteiger partial charge in [-0.25, -0.2) is 0 Å². The lowest BCUT2D eigenvalue weighted by Crippen LogP contribution is -2.42. The molecule has 1 atom stereocenters. The summed E-state index contributed by atoms with van der Waals surface area (Å²) in [7, 11) is 1.74. The number of nitrogens with one attached hydrogen (secondary N) is 1. The van der Waals surface area contributed by atoms with Gasteiger partial charge in [-0.2, -0.15) is 0 Å². The lowest BCUT2D eigenvalue weighted by Gasteiger charge is -2.26. The zero-order valence-corrected chi connectivity index (χ0v) is 13.4. The van der Waals surface area contributed by atoms with E-state index in [1.807, 2.05) is 6.07 Å². The van der Waals surface area contributed by atoms with Crippen LogP contribution in [0.15, 0.2) is 21.2 Å². The van der Waals surface area contributed by atoms with Crippen LogP contribution in [0.1, 0.15) is 12.1 Å². The van der Waals surface area contributed by atoms with Crippen LogP contribution in [0.25, 0.3) is 0 Å². The molecule has 2 heterocycles. The first kappa shape index (κ1) is 14.4. The Morgan fingerprint density at radius 3 is 3.00 bits per heavy atom. The third-order valence-corrected chi connectivity index (χ3v) is 4.24. The number of rotatable bonds is 5. The van der Waals surface area contributed by atoms with Gasteiger partial charge in [-0.15, -0.1) is 0 Å². The van der Waals surface area contributed by atoms with Gasteiger partial charge in [0.1, 0.15) is 5.60 Å². The normalized spacial score (nSPS) is 23.5. The Labute approximate surface area is 124 Å². The minimum atomic E-state index is -0.179. The molecule has 0 spiro atoms. The molecule has 0 radical (unpaired) electrons. The van der Waals surface area contributed by atoms with Crippen molar-refractivity contribution in [1.82, 2.24) is 10.3 Å². The fraction of sp³-hybridized carbons (Fsp3) is 0.583. The van der Waals surface area contributed by atoms with Gasteiger partial charge in [-0.05, 0) is 37.9 Å². The Kier molecular flexibility index (Phi) is 5.14. The molecule has 1 aliphatic rings. The van der Waals surface area contributed by atoms with Crippen molar-refractivity contribution in [2.24, 2.45) is 0 Å². The second-order valence-corrected chi connectivity index (χ2v) is 6.15. The lowest BCUT2D eigenvalue weighted by molar-refractivity contribution is -0.0159. The zero-order valence-electron chi connectivity index (χ0n) is 10.2. The first-order valence-electron chi connectivity index (χ1n) is 5.79. The van der Waals surface area contributed by atoms with E-state index in [2.05, 4.69) is 42.2 Å². The Morgan fingerprint density at radius 2 is 2.39 bits per heavy atom. The van der Waals surface area contributed by atoms with E-state index in [1.165, 1.54) is 0 Å². The second kappa shape index (κ2) is 6.43. The molecule has 1 aliphatic heterocycles. The van der Waals surface area contributed by atoms with Crippen LogP contribution in [0, 0.1) is 0 Å². The molecule has 1 unspecified atom stereocenters. The molecule has 0 aliphatic carbocycles. The van der Waals surface area contributed by atoms with E-state index in [0.29, 0.717) is 13.2 Å². The fourth-order valence-corrected chi connectivity index (χ4v) is 3.07. The molecule has 18 heavy (non-hydrogen) atoms. The molecule has 6 heteroatoms. The molecule has 1 aromatic heterocycles. The van der Waals surface area contributed by atoms with Crippen LogP contribution >= 0.6 is 31.9 Å². The van der Waals surface area contributed by atoms with Gasteiger partial charge in [0.15, 0.2) is 0 Å². The summed E-state index contributed by atoms with van der Waals surface area (Å²) in [5.74, 6) is 0. The molecule has 1 N–H and O–H groups in total. The Balaban J connectivity index is 1.88. The van der Waals surface area contributed by atoms with Crippen molar-refractivity contribution in [3.63, 3.8) is 0 Å². The summed E-state index contributed by atoms with van der Waals surface area (Å²) >= 11 is 6.89. The molecule has 0 bridgehead atoms. The van der Waals surface area contributed by atoms with Crippen LogP contribution in [0.5, 0.6) is 0 Å². The second-order valence-electron chi connectivity index (χ2n) is 4.38. The summed E-state index contributed by atoms with van der Waals surface area (Å²) in [5, 5.41) is 3.38. The van der Waals surface area contributed by atoms with E-state index < -0.39 is 0 Å². The van der Waals surface area contributed by atoms with E-state index in [1.54, 1.807) is 13.3 Å². The number of nitrogens with zero attached hydrogens (tertiary/aromatic N) is 1. The first-order chi connectivity index (χ1) is 8.65. The zero-order chi connectivity index (χ0) is 13.0. The standard InChI is InChI=1S/C12H16Br2N2O2/c1-17-12(2-3-18-8-12)7-15-6-11-10(14)4-9(13)5-16-11/h4-5,15H,2-3,6-8H2,1H3. The van der Waals surface area contributed by atoms with E-state index in [0.717, 1.165) is 34.2 Å². The SMILES string of the molecule is COC1(CNCc2ncc(Br)cc2Br)CCOC1. The molecular formula is C12H16Br2N2O2. The molecular weight excluding hydrogens is 364 g/mol. The number of halogens is 2. The number of hydrogen-bond acceptors (Lipinski definition) is 4. The summed E-state index contributed by atoms with van der Waals surface area (Å²) in [6.07, 6.45) is 2.73. The molecule has 1 fully saturated rings. The summed E-state index contributed by atoms with van der Waals surface area (Å²) in [6, 6.07) is 1.99. The highest BCUT2D eigenvalue weighted by molar-refractivity contribution is 9.11. The summed E-state index contributed by atoms with van der Waals surface area (Å²) in [4.78, 5) is 4.36. The van der Waals surface area contributed by atoms with Crippen LogP contribution in [0.3, 0.4) is 0 Å². The van der Waals surface area contributed by atoms with Crippen molar-refractivity contribution < 1.29 is 9.47 Å². The molecule has 100 valence electrons. The van der Waals surface area contributed by atoms with E-state index in [-0.39, 0.29) is 5.60 Å². The van der Waals surface area contributed by atoms with Gasteiger partial charge < -0.3 is 14.8 Å². The highest BCUT2D eigenvalue weighted by atomic mass is 79.9. The Morgan fingerprint density at radius 1 is 1.56 bits per heavy atom. The average Bonchev–Trinajstić information content (AvgIpc) is 2.81. The predicted molar refractivity (Wildman–Crippen MR) is 76.5 cm³/mol. The number of pyridine rings is 1. The molecule has 1 aromatic rings. The van der Waals surface area contributed by atoms with Crippen LogP contribution in [0.2, 0.25) is 0 Å². The predicted octanol–water partition coefficient (Wildman–Crippen LogP) is 2.50. The van der Waals surface area contributed by atoms with Gasteiger partial charge in [-0.1, -0.05) is 0 Å². The molecule has 2 rings (SSSR count). The maximum Gasteiger partial charge on any atom is 0.106 e. The van der Waals surface area contributed by atoms with Crippen molar-refractivity contribution in [3.8, 4) is 0 Å². The largest absolute Gasteiger partial charge is 0.378 e. The van der Waals surface area contributed by atoms with Gasteiger partial charge in [0.25, 0.3) is 0 Å². The quantitative estimate of drug-likeness (QED) is 0.853. The number of ether oxygens (including phenoxy) is 2. The number of aromatic nitrogens is 1. The molecule has 4 nitrogen and oxygen atoms in total. The fourth-order valence-electron chi connectivity index (χ4n) is 1.94. The van der Waals surface area contributed by atoms with Crippen molar-refractivity contribution in [3.05, 3.63) is 26.9 Å². The highest BCUT2D eigenvalue weighted by Crippen LogP contribution is 2.22. The summed E-state index contributed by atoms with van der Waals surface area (Å²) < 4.78 is 12.9. The Hall–Kier alpha value is -0.0100. The van der Waals surface area contributed by atoms with E-state index >= 15 is 0 Å². The maximum atomic E-state index is 5.56. The smallest absolute Gasteiger partial charge is 0.106 e. The minimum Gasteiger partial charge on any atom is -0.378 e. The molecule has 0 amide bonds. The van der Waals surface area contributed by atoms with E-state index in [4.69, 9.17) is 9.47 Å². The maximum absolute atomic E-state index is 5.56. The van der Waals surface area contributed by atoms with Crippen LogP contribution < -0.4 is 5.32 Å². The van der Waals surface area contributed by atoms with Crippen molar-refractivity contribution in [2.75, 3.05) is 26.9 Å². The highest BCUT2D eigenvalue weighted by Gasteiger charge is 2.34. The number of hydrogen-bond donors (Lipinski definition) is 1. The third kappa shape index (κ3) is 3.51. The number of methoxy groups -OCH3 is 1. The van der Waals surface area contributed by atoms with Gasteiger partial charge in [0.2, 0.25) is 0 Å². The monoisotopic (exact) mass is 378 g/mol. The Bertz CT molecular complexity index is 409. The summed E-state index contributed by atoms with van der Waals surface area (Å²) in [5.41, 5.74) is 0.810. The lowest BCUT2D eigenvalue weighted by atomic mass is 10.0. The average molecular weight is 380 g/mol. The molecule has 0 aromatic carbocycles. The van der Waals surface area contributed by atoms with Crippen LogP contribution in [0.4, 0.5) is 0 Å². The summed E-state index contributed by atoms with van der Waals surface area (Å²) in [6.45, 7) is 2.91. The van der Waals surface area contributed by atoms with Crippen molar-refractivity contribution >= 4 is 31.9 Å². The van der Waals surface area contributed by atoms with Crippen molar-refractivity contribution in [1.29, 1.82) is 0 Å². The molecule has 1 saturated heterocycles. The van der Waals surface area contributed by atoms with Gasteiger partial charge in [0.05, 0.1) is 12.3 Å². The third-order valence-electron chi connectivity index (χ3n) is 3.12. The van der Waals surface area contributed by atoms with E-state index in [9.17, 15) is 0 Å².